The maximum Gasteiger partial charge on any atom is 0.0664 e. The Kier molecular flexibility index (Phi) is 4.70. The van der Waals surface area contributed by atoms with Gasteiger partial charge >= 0.3 is 0 Å². The van der Waals surface area contributed by atoms with Crippen molar-refractivity contribution in [1.82, 2.24) is 5.32 Å². The van der Waals surface area contributed by atoms with E-state index in [2.05, 4.69) is 12.2 Å². The number of nitrogens with one attached hydrogen (secondary N) is 1. The van der Waals surface area contributed by atoms with Crippen LogP contribution >= 0.6 is 0 Å². The van der Waals surface area contributed by atoms with Gasteiger partial charge in [-0.3, -0.25) is 0 Å². The zero-order valence-electron chi connectivity index (χ0n) is 8.50. The Bertz CT molecular complexity index is 141. The Morgan fingerprint density at radius 2 is 2.31 bits per heavy atom. The minimum atomic E-state index is -0.179. The lowest BCUT2D eigenvalue weighted by molar-refractivity contribution is 0.156. The second-order valence-electron chi connectivity index (χ2n) is 4.12. The first kappa shape index (κ1) is 11.0. The van der Waals surface area contributed by atoms with E-state index in [1.54, 1.807) is 0 Å². The molecule has 3 nitrogen and oxygen atoms in total. The first-order valence-electron chi connectivity index (χ1n) is 5.39. The summed E-state index contributed by atoms with van der Waals surface area (Å²) < 4.78 is 0. The molecule has 13 heavy (non-hydrogen) atoms. The van der Waals surface area contributed by atoms with Gasteiger partial charge < -0.3 is 16.2 Å². The number of aliphatic hydroxyl groups excluding tert-OH is 1. The monoisotopic (exact) mass is 186 g/mol. The summed E-state index contributed by atoms with van der Waals surface area (Å²) in [4.78, 5) is 0. The summed E-state index contributed by atoms with van der Waals surface area (Å²) >= 11 is 0. The molecule has 3 unspecified atom stereocenters. The quantitative estimate of drug-likeness (QED) is 0.590. The number of nitrogens with two attached hydrogens (primary N) is 1. The van der Waals surface area contributed by atoms with Crippen LogP contribution < -0.4 is 11.1 Å². The molecule has 0 aliphatic heterocycles. The standard InChI is InChI=1S/C10H22N2O/c1-2-3-10(13)7-12-9-5-4-8(11)6-9/h8-10,12-13H,2-7,11H2,1H3. The lowest BCUT2D eigenvalue weighted by atomic mass is 10.2. The summed E-state index contributed by atoms with van der Waals surface area (Å²) in [6.07, 6.45) is 5.13. The zero-order valence-corrected chi connectivity index (χ0v) is 8.50. The normalized spacial score (nSPS) is 30.7. The summed E-state index contributed by atoms with van der Waals surface area (Å²) in [7, 11) is 0. The average Bonchev–Trinajstić information content (AvgIpc) is 2.49. The van der Waals surface area contributed by atoms with E-state index in [1.807, 2.05) is 0 Å². The van der Waals surface area contributed by atoms with Crippen LogP contribution in [0.1, 0.15) is 39.0 Å². The molecule has 0 amide bonds. The van der Waals surface area contributed by atoms with E-state index in [0.29, 0.717) is 12.1 Å². The van der Waals surface area contributed by atoms with Gasteiger partial charge in [-0.25, -0.2) is 0 Å². The van der Waals surface area contributed by atoms with E-state index in [4.69, 9.17) is 5.73 Å². The van der Waals surface area contributed by atoms with Crippen LogP contribution in [0.15, 0.2) is 0 Å². The fourth-order valence-electron chi connectivity index (χ4n) is 1.94. The van der Waals surface area contributed by atoms with Crippen LogP contribution in [-0.2, 0) is 0 Å². The molecule has 0 heterocycles. The Hall–Kier alpha value is -0.120. The van der Waals surface area contributed by atoms with Crippen LogP contribution in [0.4, 0.5) is 0 Å². The van der Waals surface area contributed by atoms with Crippen LogP contribution in [0, 0.1) is 0 Å². The van der Waals surface area contributed by atoms with Gasteiger partial charge in [-0.1, -0.05) is 13.3 Å². The Morgan fingerprint density at radius 1 is 1.54 bits per heavy atom. The highest BCUT2D eigenvalue weighted by Gasteiger charge is 2.21. The van der Waals surface area contributed by atoms with Crippen LogP contribution in [-0.4, -0.2) is 29.8 Å². The van der Waals surface area contributed by atoms with Crippen LogP contribution in [0.5, 0.6) is 0 Å². The lowest BCUT2D eigenvalue weighted by Gasteiger charge is -2.15. The third-order valence-electron chi connectivity index (χ3n) is 2.74. The summed E-state index contributed by atoms with van der Waals surface area (Å²) in [5.74, 6) is 0. The highest BCUT2D eigenvalue weighted by atomic mass is 16.3. The molecule has 78 valence electrons. The fraction of sp³-hybridized carbons (Fsp3) is 1.00. The van der Waals surface area contributed by atoms with Crippen molar-refractivity contribution in [2.24, 2.45) is 5.73 Å². The van der Waals surface area contributed by atoms with E-state index in [-0.39, 0.29) is 6.10 Å². The molecule has 1 aliphatic carbocycles. The van der Waals surface area contributed by atoms with Gasteiger partial charge in [0.2, 0.25) is 0 Å². The predicted octanol–water partition coefficient (Wildman–Crippen LogP) is 0.617. The van der Waals surface area contributed by atoms with Gasteiger partial charge in [0, 0.05) is 18.6 Å². The molecule has 0 saturated heterocycles. The SMILES string of the molecule is CCCC(O)CNC1CCC(N)C1. The maximum atomic E-state index is 9.48. The Morgan fingerprint density at radius 3 is 2.85 bits per heavy atom. The average molecular weight is 186 g/mol. The van der Waals surface area contributed by atoms with E-state index in [9.17, 15) is 5.11 Å². The molecule has 1 rings (SSSR count). The third kappa shape index (κ3) is 4.07. The molecule has 0 aromatic rings. The molecule has 0 aromatic carbocycles. The van der Waals surface area contributed by atoms with Crippen molar-refractivity contribution in [3.8, 4) is 0 Å². The zero-order chi connectivity index (χ0) is 9.68. The second kappa shape index (κ2) is 5.58. The molecule has 1 aliphatic rings. The molecule has 0 spiro atoms. The van der Waals surface area contributed by atoms with Gasteiger partial charge in [-0.15, -0.1) is 0 Å². The second-order valence-corrected chi connectivity index (χ2v) is 4.12. The summed E-state index contributed by atoms with van der Waals surface area (Å²) in [6, 6.07) is 0.919. The molecular weight excluding hydrogens is 164 g/mol. The van der Waals surface area contributed by atoms with E-state index in [0.717, 1.165) is 32.2 Å². The van der Waals surface area contributed by atoms with E-state index < -0.39 is 0 Å². The lowest BCUT2D eigenvalue weighted by Crippen LogP contribution is -2.34. The van der Waals surface area contributed by atoms with Gasteiger partial charge in [-0.05, 0) is 25.7 Å². The van der Waals surface area contributed by atoms with Gasteiger partial charge in [0.15, 0.2) is 0 Å². The largest absolute Gasteiger partial charge is 0.392 e. The van der Waals surface area contributed by atoms with Crippen LogP contribution in [0.3, 0.4) is 0 Å². The number of hydrogen-bond acceptors (Lipinski definition) is 3. The summed E-state index contributed by atoms with van der Waals surface area (Å²) in [5, 5.41) is 12.8. The predicted molar refractivity (Wildman–Crippen MR) is 54.5 cm³/mol. The summed E-state index contributed by atoms with van der Waals surface area (Å²) in [6.45, 7) is 2.82. The minimum Gasteiger partial charge on any atom is -0.392 e. The maximum absolute atomic E-state index is 9.48. The van der Waals surface area contributed by atoms with Crippen molar-refractivity contribution in [1.29, 1.82) is 0 Å². The first-order valence-corrected chi connectivity index (χ1v) is 5.39. The van der Waals surface area contributed by atoms with E-state index >= 15 is 0 Å². The molecule has 0 radical (unpaired) electrons. The fourth-order valence-corrected chi connectivity index (χ4v) is 1.94. The highest BCUT2D eigenvalue weighted by Crippen LogP contribution is 2.16. The van der Waals surface area contributed by atoms with Crippen molar-refractivity contribution in [2.75, 3.05) is 6.54 Å². The first-order chi connectivity index (χ1) is 6.22. The smallest absolute Gasteiger partial charge is 0.0664 e. The molecule has 3 heteroatoms. The van der Waals surface area contributed by atoms with Gasteiger partial charge in [0.05, 0.1) is 6.10 Å². The minimum absolute atomic E-state index is 0.179. The molecule has 1 saturated carbocycles. The topological polar surface area (TPSA) is 58.3 Å². The number of aliphatic hydroxyl groups is 1. The van der Waals surface area contributed by atoms with Gasteiger partial charge in [-0.2, -0.15) is 0 Å². The van der Waals surface area contributed by atoms with Crippen molar-refractivity contribution < 1.29 is 5.11 Å². The van der Waals surface area contributed by atoms with Crippen molar-refractivity contribution in [3.63, 3.8) is 0 Å². The molecule has 3 atom stereocenters. The summed E-state index contributed by atoms with van der Waals surface area (Å²) in [5.41, 5.74) is 5.79. The molecule has 1 fully saturated rings. The highest BCUT2D eigenvalue weighted by molar-refractivity contribution is 4.83. The Balaban J connectivity index is 2.05. The van der Waals surface area contributed by atoms with Crippen molar-refractivity contribution >= 4 is 0 Å². The molecular formula is C10H22N2O. The Labute approximate surface area is 80.7 Å². The van der Waals surface area contributed by atoms with Crippen LogP contribution in [0.2, 0.25) is 0 Å². The molecule has 4 N–H and O–H groups in total. The van der Waals surface area contributed by atoms with Crippen molar-refractivity contribution in [3.05, 3.63) is 0 Å². The number of rotatable bonds is 5. The third-order valence-corrected chi connectivity index (χ3v) is 2.74. The molecule has 0 aromatic heterocycles. The van der Waals surface area contributed by atoms with Crippen molar-refractivity contribution in [2.45, 2.75) is 57.2 Å². The number of hydrogen-bond donors (Lipinski definition) is 3. The van der Waals surface area contributed by atoms with E-state index in [1.165, 1.54) is 6.42 Å². The van der Waals surface area contributed by atoms with Gasteiger partial charge in [0.1, 0.15) is 0 Å². The van der Waals surface area contributed by atoms with Gasteiger partial charge in [0.25, 0.3) is 0 Å². The molecule has 0 bridgehead atoms. The van der Waals surface area contributed by atoms with Crippen LogP contribution in [0.25, 0.3) is 0 Å².